The molecule has 63 heavy (non-hydrogen) atoms. The minimum Gasteiger partial charge on any atom is -0.0616 e. The zero-order valence-corrected chi connectivity index (χ0v) is 35.3. The normalized spacial score (nSPS) is 13.0. The second-order valence-electron chi connectivity index (χ2n) is 17.9. The van der Waals surface area contributed by atoms with E-state index < -0.39 is 0 Å². The van der Waals surface area contributed by atoms with Gasteiger partial charge in [0.1, 0.15) is 0 Å². The van der Waals surface area contributed by atoms with Gasteiger partial charge in [-0.3, -0.25) is 0 Å². The van der Waals surface area contributed by atoms with Crippen LogP contribution in [0.4, 0.5) is 0 Å². The van der Waals surface area contributed by atoms with Crippen molar-refractivity contribution in [3.05, 3.63) is 230 Å². The number of hydrogen-bond acceptors (Lipinski definition) is 0. The van der Waals surface area contributed by atoms with Crippen LogP contribution in [0.15, 0.2) is 218 Å². The third-order valence-corrected chi connectivity index (χ3v) is 14.2. The summed E-state index contributed by atoms with van der Waals surface area (Å²) in [6.07, 6.45) is 0. The maximum absolute atomic E-state index is 2.47. The summed E-state index contributed by atoms with van der Waals surface area (Å²) in [7, 11) is 0. The number of benzene rings is 12. The average Bonchev–Trinajstić information content (AvgIpc) is 3.59. The van der Waals surface area contributed by atoms with Crippen molar-refractivity contribution in [1.82, 2.24) is 0 Å². The predicted octanol–water partition coefficient (Wildman–Crippen LogP) is 17.6. The molecule has 0 N–H and O–H groups in total. The Morgan fingerprint density at radius 3 is 1.32 bits per heavy atom. The van der Waals surface area contributed by atoms with Gasteiger partial charge in [-0.25, -0.2) is 0 Å². The molecule has 12 aromatic rings. The van der Waals surface area contributed by atoms with E-state index in [1.54, 1.807) is 0 Å². The van der Waals surface area contributed by atoms with Gasteiger partial charge in [0.25, 0.3) is 0 Å². The lowest BCUT2D eigenvalue weighted by atomic mass is 9.79. The summed E-state index contributed by atoms with van der Waals surface area (Å²) >= 11 is 0. The van der Waals surface area contributed by atoms with Crippen molar-refractivity contribution in [3.8, 4) is 55.6 Å². The first-order valence-corrected chi connectivity index (χ1v) is 22.2. The van der Waals surface area contributed by atoms with Gasteiger partial charge < -0.3 is 0 Å². The molecule has 0 saturated carbocycles. The van der Waals surface area contributed by atoms with Crippen LogP contribution in [0.3, 0.4) is 0 Å². The Labute approximate surface area is 367 Å². The van der Waals surface area contributed by atoms with E-state index in [9.17, 15) is 0 Å². The van der Waals surface area contributed by atoms with E-state index in [1.165, 1.54) is 131 Å². The smallest absolute Gasteiger partial charge is 0.0165 e. The minimum atomic E-state index is -0.126. The van der Waals surface area contributed by atoms with Crippen LogP contribution < -0.4 is 0 Å². The van der Waals surface area contributed by atoms with Crippen LogP contribution in [-0.2, 0) is 5.41 Å². The zero-order chi connectivity index (χ0) is 41.8. The molecule has 0 heteroatoms. The first-order chi connectivity index (χ1) is 31.0. The molecule has 0 spiro atoms. The molecule has 0 fully saturated rings. The van der Waals surface area contributed by atoms with Crippen LogP contribution >= 0.6 is 0 Å². The molecule has 0 atom stereocenters. The van der Waals surface area contributed by atoms with Crippen LogP contribution in [0, 0.1) is 0 Å². The highest BCUT2D eigenvalue weighted by atomic mass is 14.4. The van der Waals surface area contributed by atoms with Crippen molar-refractivity contribution < 1.29 is 0 Å². The second kappa shape index (κ2) is 13.6. The molecule has 0 aliphatic heterocycles. The van der Waals surface area contributed by atoms with Gasteiger partial charge in [0.05, 0.1) is 0 Å². The lowest BCUT2D eigenvalue weighted by Gasteiger charge is -2.24. The molecule has 0 aromatic heterocycles. The lowest BCUT2D eigenvalue weighted by Crippen LogP contribution is -2.15. The van der Waals surface area contributed by atoms with Crippen LogP contribution in [-0.4, -0.2) is 0 Å². The minimum absolute atomic E-state index is 0.126. The molecular formula is C63H42. The molecule has 0 unspecified atom stereocenters. The summed E-state index contributed by atoms with van der Waals surface area (Å²) in [6, 6.07) is 81.6. The number of hydrogen-bond donors (Lipinski definition) is 0. The predicted molar refractivity (Wildman–Crippen MR) is 271 cm³/mol. The fourth-order valence-electron chi connectivity index (χ4n) is 11.4. The van der Waals surface area contributed by atoms with Crippen molar-refractivity contribution in [2.75, 3.05) is 0 Å². The summed E-state index contributed by atoms with van der Waals surface area (Å²) in [4.78, 5) is 0. The Bertz CT molecular complexity index is 3810. The molecular weight excluding hydrogens is 757 g/mol. The van der Waals surface area contributed by atoms with Crippen molar-refractivity contribution >= 4 is 64.6 Å². The summed E-state index contributed by atoms with van der Waals surface area (Å²) in [5.41, 5.74) is 15.4. The Morgan fingerprint density at radius 1 is 0.254 bits per heavy atom. The van der Waals surface area contributed by atoms with E-state index in [-0.39, 0.29) is 5.41 Å². The van der Waals surface area contributed by atoms with E-state index in [4.69, 9.17) is 0 Å². The summed E-state index contributed by atoms with van der Waals surface area (Å²) in [6.45, 7) is 4.81. The Kier molecular flexibility index (Phi) is 7.75. The van der Waals surface area contributed by atoms with Crippen molar-refractivity contribution in [2.24, 2.45) is 0 Å². The summed E-state index contributed by atoms with van der Waals surface area (Å²) in [5, 5.41) is 15.5. The van der Waals surface area contributed by atoms with E-state index in [0.29, 0.717) is 0 Å². The first-order valence-electron chi connectivity index (χ1n) is 22.2. The van der Waals surface area contributed by atoms with Crippen LogP contribution in [0.1, 0.15) is 25.0 Å². The van der Waals surface area contributed by atoms with Crippen molar-refractivity contribution in [3.63, 3.8) is 0 Å². The second-order valence-corrected chi connectivity index (χ2v) is 17.9. The molecule has 0 nitrogen and oxygen atoms in total. The van der Waals surface area contributed by atoms with E-state index in [0.717, 1.165) is 0 Å². The SMILES string of the molecule is CC1(C)c2ccc(-c3cccc(-c4c5ccccc5c(-c5ccc(-c6cc7ccccc7c7ccccc67)cc5)c5ccccc45)c3)cc2-c2c1c1ccccc1c1ccccc21. The summed E-state index contributed by atoms with van der Waals surface area (Å²) < 4.78 is 0. The zero-order valence-electron chi connectivity index (χ0n) is 35.3. The van der Waals surface area contributed by atoms with Gasteiger partial charge in [-0.2, -0.15) is 0 Å². The van der Waals surface area contributed by atoms with Crippen molar-refractivity contribution in [2.45, 2.75) is 19.3 Å². The number of rotatable bonds is 4. The molecule has 294 valence electrons. The van der Waals surface area contributed by atoms with Gasteiger partial charge in [-0.15, -0.1) is 0 Å². The molecule has 0 bridgehead atoms. The lowest BCUT2D eigenvalue weighted by molar-refractivity contribution is 0.666. The highest BCUT2D eigenvalue weighted by Gasteiger charge is 2.38. The van der Waals surface area contributed by atoms with Gasteiger partial charge in [0.15, 0.2) is 0 Å². The van der Waals surface area contributed by atoms with Gasteiger partial charge >= 0.3 is 0 Å². The number of fused-ring (bicyclic) bond motifs is 13. The van der Waals surface area contributed by atoms with E-state index in [1.807, 2.05) is 0 Å². The van der Waals surface area contributed by atoms with E-state index >= 15 is 0 Å². The molecule has 0 saturated heterocycles. The van der Waals surface area contributed by atoms with Gasteiger partial charge in [0.2, 0.25) is 0 Å². The quantitative estimate of drug-likeness (QED) is 0.123. The van der Waals surface area contributed by atoms with Crippen LogP contribution in [0.2, 0.25) is 0 Å². The van der Waals surface area contributed by atoms with E-state index in [2.05, 4.69) is 232 Å². The van der Waals surface area contributed by atoms with Crippen LogP contribution in [0.25, 0.3) is 120 Å². The van der Waals surface area contributed by atoms with Crippen molar-refractivity contribution in [1.29, 1.82) is 0 Å². The van der Waals surface area contributed by atoms with Crippen LogP contribution in [0.5, 0.6) is 0 Å². The first kappa shape index (κ1) is 35.9. The third-order valence-electron chi connectivity index (χ3n) is 14.2. The molecule has 1 aliphatic carbocycles. The molecule has 13 rings (SSSR count). The Balaban J connectivity index is 0.956. The fraction of sp³-hybridized carbons (Fsp3) is 0.0476. The molecule has 0 heterocycles. The fourth-order valence-corrected chi connectivity index (χ4v) is 11.4. The molecule has 1 aliphatic rings. The van der Waals surface area contributed by atoms with Gasteiger partial charge in [0, 0.05) is 5.41 Å². The maximum atomic E-state index is 2.47. The van der Waals surface area contributed by atoms with Gasteiger partial charge in [-0.1, -0.05) is 214 Å². The Morgan fingerprint density at radius 2 is 0.683 bits per heavy atom. The highest BCUT2D eigenvalue weighted by molar-refractivity contribution is 6.22. The highest BCUT2D eigenvalue weighted by Crippen LogP contribution is 2.55. The maximum Gasteiger partial charge on any atom is 0.0165 e. The monoisotopic (exact) mass is 798 g/mol. The Hall–Kier alpha value is -7.80. The topological polar surface area (TPSA) is 0 Å². The molecule has 0 amide bonds. The third kappa shape index (κ3) is 5.28. The van der Waals surface area contributed by atoms with Gasteiger partial charge in [-0.05, 0) is 150 Å². The average molecular weight is 799 g/mol. The largest absolute Gasteiger partial charge is 0.0616 e. The molecule has 12 aromatic carbocycles. The molecule has 0 radical (unpaired) electrons. The summed E-state index contributed by atoms with van der Waals surface area (Å²) in [5.74, 6) is 0. The standard InChI is InChI=1S/C63H42/c1-63(2)58-35-34-42(37-57(58)61-50-24-9-7-21-47(50)48-22-8-14-29-55(48)62(61)63)41-17-15-18-44(36-41)60-53-27-12-10-25-51(53)59(52-26-11-13-28-54(52)60)40-32-30-39(31-33-40)56-38-43-16-3-4-19-45(43)46-20-5-6-23-49(46)56/h3-38H,1-2H3.